The zero-order valence-corrected chi connectivity index (χ0v) is 13.2. The number of pyridine rings is 1. The van der Waals surface area contributed by atoms with Crippen molar-refractivity contribution >= 4 is 11.6 Å². The van der Waals surface area contributed by atoms with Crippen molar-refractivity contribution < 1.29 is 14.3 Å². The first kappa shape index (κ1) is 16.9. The van der Waals surface area contributed by atoms with Gasteiger partial charge in [-0.05, 0) is 29.8 Å². The van der Waals surface area contributed by atoms with Crippen molar-refractivity contribution in [1.29, 1.82) is 0 Å². The third-order valence-electron chi connectivity index (χ3n) is 3.45. The average molecular weight is 317 g/mol. The lowest BCUT2D eigenvalue weighted by molar-refractivity contribution is 0.0703. The van der Waals surface area contributed by atoms with Crippen LogP contribution in [0.25, 0.3) is 0 Å². The van der Waals surface area contributed by atoms with Crippen molar-refractivity contribution in [2.24, 2.45) is 0 Å². The van der Waals surface area contributed by atoms with E-state index in [0.29, 0.717) is 5.69 Å². The molecule has 0 saturated carbocycles. The number of benzene rings is 1. The maximum Gasteiger partial charge on any atom is 0.257 e. The van der Waals surface area contributed by atoms with Gasteiger partial charge in [0.15, 0.2) is 0 Å². The summed E-state index contributed by atoms with van der Waals surface area (Å²) in [5, 5.41) is 9.19. The van der Waals surface area contributed by atoms with Crippen molar-refractivity contribution in [3.8, 4) is 0 Å². The molecule has 23 heavy (non-hydrogen) atoms. The van der Waals surface area contributed by atoms with E-state index in [9.17, 15) is 14.3 Å². The molecule has 0 aliphatic carbocycles. The Labute approximate surface area is 135 Å². The number of anilines is 1. The van der Waals surface area contributed by atoms with E-state index < -0.39 is 11.7 Å². The Morgan fingerprint density at radius 2 is 2.09 bits per heavy atom. The smallest absolute Gasteiger partial charge is 0.257 e. The number of carbonyl (C=O) groups is 1. The Kier molecular flexibility index (Phi) is 5.65. The van der Waals surface area contributed by atoms with E-state index >= 15 is 0 Å². The molecule has 0 saturated heterocycles. The Hall–Kier alpha value is -2.47. The molecule has 1 aromatic carbocycles. The molecule has 0 radical (unpaired) electrons. The molecule has 122 valence electrons. The topological polar surface area (TPSA) is 56.7 Å². The van der Waals surface area contributed by atoms with Gasteiger partial charge in [-0.15, -0.1) is 0 Å². The molecule has 0 bridgehead atoms. The number of aromatic nitrogens is 1. The van der Waals surface area contributed by atoms with Gasteiger partial charge in [0.1, 0.15) is 5.82 Å². The van der Waals surface area contributed by atoms with Gasteiger partial charge in [-0.3, -0.25) is 9.78 Å². The van der Waals surface area contributed by atoms with E-state index in [1.165, 1.54) is 17.0 Å². The largest absolute Gasteiger partial charge is 0.395 e. The van der Waals surface area contributed by atoms with Gasteiger partial charge in [0, 0.05) is 45.3 Å². The van der Waals surface area contributed by atoms with Crippen LogP contribution in [0.4, 0.5) is 10.1 Å². The average Bonchev–Trinajstić information content (AvgIpc) is 2.54. The number of rotatable bonds is 6. The summed E-state index contributed by atoms with van der Waals surface area (Å²) in [5.41, 5.74) is 1.49. The van der Waals surface area contributed by atoms with Crippen LogP contribution < -0.4 is 4.90 Å². The molecule has 5 nitrogen and oxygen atoms in total. The van der Waals surface area contributed by atoms with Gasteiger partial charge in [0.2, 0.25) is 0 Å². The Bertz CT molecular complexity index is 662. The molecule has 2 aromatic rings. The molecule has 1 heterocycles. The van der Waals surface area contributed by atoms with E-state index in [2.05, 4.69) is 4.98 Å². The lowest BCUT2D eigenvalue weighted by atomic mass is 10.1. The molecule has 0 aliphatic rings. The number of hydrogen-bond donors (Lipinski definition) is 1. The molecule has 0 aliphatic heterocycles. The van der Waals surface area contributed by atoms with Crippen LogP contribution in [0.5, 0.6) is 0 Å². The molecular weight excluding hydrogens is 297 g/mol. The highest BCUT2D eigenvalue weighted by Gasteiger charge is 2.20. The Morgan fingerprint density at radius 1 is 1.30 bits per heavy atom. The van der Waals surface area contributed by atoms with Crippen LogP contribution in [-0.2, 0) is 6.54 Å². The second kappa shape index (κ2) is 7.69. The zero-order valence-electron chi connectivity index (χ0n) is 13.2. The van der Waals surface area contributed by atoms with Crippen LogP contribution in [0.1, 0.15) is 15.9 Å². The van der Waals surface area contributed by atoms with Crippen LogP contribution in [-0.4, -0.2) is 48.1 Å². The molecule has 0 fully saturated rings. The van der Waals surface area contributed by atoms with Crippen LogP contribution in [0, 0.1) is 5.82 Å². The summed E-state index contributed by atoms with van der Waals surface area (Å²) in [5.74, 6) is -1.03. The lowest BCUT2D eigenvalue weighted by Gasteiger charge is -2.22. The van der Waals surface area contributed by atoms with E-state index in [0.717, 1.165) is 5.56 Å². The predicted octanol–water partition coefficient (Wildman–Crippen LogP) is 1.92. The normalized spacial score (nSPS) is 10.4. The first-order valence-corrected chi connectivity index (χ1v) is 7.29. The van der Waals surface area contributed by atoms with Gasteiger partial charge in [-0.25, -0.2) is 4.39 Å². The molecule has 2 rings (SSSR count). The number of amides is 1. The van der Waals surface area contributed by atoms with Crippen molar-refractivity contribution in [1.82, 2.24) is 9.88 Å². The van der Waals surface area contributed by atoms with E-state index in [4.69, 9.17) is 0 Å². The fourth-order valence-electron chi connectivity index (χ4n) is 2.21. The monoisotopic (exact) mass is 317 g/mol. The minimum atomic E-state index is -0.574. The standard InChI is InChI=1S/C17H20FN3O2/c1-20(2)14-5-6-15(16(18)10-14)17(23)21(8-9-22)12-13-4-3-7-19-11-13/h3-7,10-11,22H,8-9,12H2,1-2H3. The van der Waals surface area contributed by atoms with E-state index in [1.54, 1.807) is 43.5 Å². The maximum absolute atomic E-state index is 14.3. The predicted molar refractivity (Wildman–Crippen MR) is 86.8 cm³/mol. The minimum absolute atomic E-state index is 0.00654. The van der Waals surface area contributed by atoms with E-state index in [-0.39, 0.29) is 25.3 Å². The van der Waals surface area contributed by atoms with Crippen LogP contribution in [0.3, 0.4) is 0 Å². The van der Waals surface area contributed by atoms with Gasteiger partial charge in [-0.2, -0.15) is 0 Å². The fourth-order valence-corrected chi connectivity index (χ4v) is 2.21. The van der Waals surface area contributed by atoms with Gasteiger partial charge in [0.25, 0.3) is 5.91 Å². The Morgan fingerprint density at radius 3 is 2.65 bits per heavy atom. The number of hydrogen-bond acceptors (Lipinski definition) is 4. The summed E-state index contributed by atoms with van der Waals surface area (Å²) in [6.45, 7) is 0.202. The van der Waals surface area contributed by atoms with Crippen LogP contribution in [0.15, 0.2) is 42.7 Å². The highest BCUT2D eigenvalue weighted by atomic mass is 19.1. The number of aliphatic hydroxyl groups is 1. The molecule has 0 spiro atoms. The molecule has 1 aromatic heterocycles. The molecule has 0 unspecified atom stereocenters. The second-order valence-electron chi connectivity index (χ2n) is 5.37. The molecule has 0 atom stereocenters. The summed E-state index contributed by atoms with van der Waals surface area (Å²) in [4.78, 5) is 19.8. The molecule has 6 heteroatoms. The van der Waals surface area contributed by atoms with Crippen molar-refractivity contribution in [3.05, 3.63) is 59.7 Å². The van der Waals surface area contributed by atoms with Gasteiger partial charge < -0.3 is 14.9 Å². The van der Waals surface area contributed by atoms with Crippen LogP contribution in [0.2, 0.25) is 0 Å². The SMILES string of the molecule is CN(C)c1ccc(C(=O)N(CCO)Cc2cccnc2)c(F)c1. The summed E-state index contributed by atoms with van der Waals surface area (Å²) in [7, 11) is 3.60. The first-order chi connectivity index (χ1) is 11.0. The highest BCUT2D eigenvalue weighted by Crippen LogP contribution is 2.19. The number of nitrogens with zero attached hydrogens (tertiary/aromatic N) is 3. The van der Waals surface area contributed by atoms with Crippen molar-refractivity contribution in [2.75, 3.05) is 32.1 Å². The summed E-state index contributed by atoms with van der Waals surface area (Å²) < 4.78 is 14.3. The number of halogens is 1. The number of aliphatic hydroxyl groups excluding tert-OH is 1. The summed E-state index contributed by atoms with van der Waals surface area (Å²) >= 11 is 0. The maximum atomic E-state index is 14.3. The summed E-state index contributed by atoms with van der Waals surface area (Å²) in [6.07, 6.45) is 3.28. The third-order valence-corrected chi connectivity index (χ3v) is 3.45. The van der Waals surface area contributed by atoms with Gasteiger partial charge in [0.05, 0.1) is 12.2 Å². The fraction of sp³-hybridized carbons (Fsp3) is 0.294. The zero-order chi connectivity index (χ0) is 16.8. The molecule has 1 amide bonds. The minimum Gasteiger partial charge on any atom is -0.395 e. The lowest BCUT2D eigenvalue weighted by Crippen LogP contribution is -2.33. The number of carbonyl (C=O) groups excluding carboxylic acids is 1. The van der Waals surface area contributed by atoms with Gasteiger partial charge in [-0.1, -0.05) is 6.07 Å². The van der Waals surface area contributed by atoms with Gasteiger partial charge >= 0.3 is 0 Å². The summed E-state index contributed by atoms with van der Waals surface area (Å²) in [6, 6.07) is 8.09. The second-order valence-corrected chi connectivity index (χ2v) is 5.37. The molecular formula is C17H20FN3O2. The van der Waals surface area contributed by atoms with Crippen LogP contribution >= 0.6 is 0 Å². The Balaban J connectivity index is 2.24. The van der Waals surface area contributed by atoms with Crippen molar-refractivity contribution in [2.45, 2.75) is 6.54 Å². The van der Waals surface area contributed by atoms with Crippen molar-refractivity contribution in [3.63, 3.8) is 0 Å². The first-order valence-electron chi connectivity index (χ1n) is 7.29. The van der Waals surface area contributed by atoms with E-state index in [1.807, 2.05) is 6.07 Å². The molecule has 1 N–H and O–H groups in total. The third kappa shape index (κ3) is 4.26. The highest BCUT2D eigenvalue weighted by molar-refractivity contribution is 5.94. The quantitative estimate of drug-likeness (QED) is 0.884.